The van der Waals surface area contributed by atoms with Crippen LogP contribution >= 0.6 is 0 Å². The lowest BCUT2D eigenvalue weighted by atomic mass is 10.00. The Morgan fingerprint density at radius 3 is 2.76 bits per heavy atom. The largest absolute Gasteiger partial charge is 0.494 e. The smallest absolute Gasteiger partial charge is 0.251 e. The van der Waals surface area contributed by atoms with E-state index in [0.29, 0.717) is 24.0 Å². The summed E-state index contributed by atoms with van der Waals surface area (Å²) in [6.07, 6.45) is 1.03. The van der Waals surface area contributed by atoms with Crippen molar-refractivity contribution < 1.29 is 18.7 Å². The summed E-state index contributed by atoms with van der Waals surface area (Å²) in [5.74, 6) is -0.562. The molecule has 1 aliphatic heterocycles. The second-order valence-electron chi connectivity index (χ2n) is 6.01. The van der Waals surface area contributed by atoms with Gasteiger partial charge in [-0.1, -0.05) is 6.07 Å². The number of fused-ring (bicyclic) bond motifs is 1. The van der Waals surface area contributed by atoms with Crippen molar-refractivity contribution >= 4 is 17.5 Å². The van der Waals surface area contributed by atoms with Crippen LogP contribution in [0.5, 0.6) is 5.75 Å². The molecule has 2 aromatic carbocycles. The predicted octanol–water partition coefficient (Wildman–Crippen LogP) is 3.21. The molecule has 0 aliphatic carbocycles. The number of carbonyl (C=O) groups is 2. The average molecular weight is 342 g/mol. The number of rotatable bonds is 4. The molecule has 1 aliphatic rings. The highest BCUT2D eigenvalue weighted by atomic mass is 19.1. The fourth-order valence-corrected chi connectivity index (χ4v) is 2.84. The van der Waals surface area contributed by atoms with Crippen molar-refractivity contribution in [2.45, 2.75) is 25.8 Å². The van der Waals surface area contributed by atoms with Crippen LogP contribution in [0, 0.1) is 5.82 Å². The van der Waals surface area contributed by atoms with Gasteiger partial charge in [-0.25, -0.2) is 4.39 Å². The molecule has 130 valence electrons. The number of hydrogen-bond donors (Lipinski definition) is 2. The fourth-order valence-electron chi connectivity index (χ4n) is 2.84. The lowest BCUT2D eigenvalue weighted by Crippen LogP contribution is -2.27. The van der Waals surface area contributed by atoms with Crippen LogP contribution in [-0.2, 0) is 11.2 Å². The van der Waals surface area contributed by atoms with Gasteiger partial charge in [-0.15, -0.1) is 0 Å². The Balaban J connectivity index is 1.73. The fraction of sp³-hybridized carbons (Fsp3) is 0.263. The number of methoxy groups -OCH3 is 1. The van der Waals surface area contributed by atoms with Gasteiger partial charge in [0.25, 0.3) is 5.91 Å². The molecule has 2 N–H and O–H groups in total. The summed E-state index contributed by atoms with van der Waals surface area (Å²) in [7, 11) is 1.40. The Morgan fingerprint density at radius 2 is 2.04 bits per heavy atom. The van der Waals surface area contributed by atoms with Crippen LogP contribution in [0.3, 0.4) is 0 Å². The van der Waals surface area contributed by atoms with Gasteiger partial charge in [0.2, 0.25) is 5.91 Å². The molecular weight excluding hydrogens is 323 g/mol. The maximum absolute atomic E-state index is 13.8. The first-order chi connectivity index (χ1) is 12.0. The number of hydrogen-bond acceptors (Lipinski definition) is 3. The monoisotopic (exact) mass is 342 g/mol. The van der Waals surface area contributed by atoms with E-state index in [2.05, 4.69) is 10.6 Å². The van der Waals surface area contributed by atoms with E-state index >= 15 is 0 Å². The Morgan fingerprint density at radius 1 is 1.24 bits per heavy atom. The molecule has 0 saturated carbocycles. The minimum absolute atomic E-state index is 0.0140. The van der Waals surface area contributed by atoms with Crippen LogP contribution < -0.4 is 15.4 Å². The summed E-state index contributed by atoms with van der Waals surface area (Å²) in [4.78, 5) is 23.9. The van der Waals surface area contributed by atoms with Crippen molar-refractivity contribution in [1.82, 2.24) is 5.32 Å². The van der Waals surface area contributed by atoms with E-state index in [4.69, 9.17) is 4.74 Å². The third kappa shape index (κ3) is 3.63. The van der Waals surface area contributed by atoms with Crippen molar-refractivity contribution in [1.29, 1.82) is 0 Å². The molecule has 25 heavy (non-hydrogen) atoms. The normalized spacial score (nSPS) is 14.3. The van der Waals surface area contributed by atoms with E-state index in [-0.39, 0.29) is 23.6 Å². The Bertz CT molecular complexity index is 835. The van der Waals surface area contributed by atoms with Gasteiger partial charge in [0.05, 0.1) is 13.2 Å². The molecule has 2 amide bonds. The average Bonchev–Trinajstić information content (AvgIpc) is 2.61. The number of carbonyl (C=O) groups excluding carboxylic acids is 2. The van der Waals surface area contributed by atoms with Crippen LogP contribution in [0.2, 0.25) is 0 Å². The molecule has 0 bridgehead atoms. The number of halogens is 1. The van der Waals surface area contributed by atoms with Gasteiger partial charge in [-0.2, -0.15) is 0 Å². The highest BCUT2D eigenvalue weighted by Gasteiger charge is 2.18. The molecule has 0 radical (unpaired) electrons. The topological polar surface area (TPSA) is 67.4 Å². The third-order valence-corrected chi connectivity index (χ3v) is 4.29. The number of aryl methyl sites for hydroxylation is 1. The minimum Gasteiger partial charge on any atom is -0.494 e. The molecule has 5 nitrogen and oxygen atoms in total. The zero-order chi connectivity index (χ0) is 18.0. The number of anilines is 1. The van der Waals surface area contributed by atoms with E-state index in [1.54, 1.807) is 31.2 Å². The predicted molar refractivity (Wildman–Crippen MR) is 92.2 cm³/mol. The molecule has 0 fully saturated rings. The van der Waals surface area contributed by atoms with E-state index in [1.807, 2.05) is 0 Å². The van der Waals surface area contributed by atoms with E-state index in [0.717, 1.165) is 11.3 Å². The number of amides is 2. The molecule has 6 heteroatoms. The first kappa shape index (κ1) is 17.0. The lowest BCUT2D eigenvalue weighted by molar-refractivity contribution is -0.116. The number of benzene rings is 2. The summed E-state index contributed by atoms with van der Waals surface area (Å²) in [5, 5.41) is 5.64. The van der Waals surface area contributed by atoms with Crippen LogP contribution in [0.4, 0.5) is 10.1 Å². The number of ether oxygens (including phenoxy) is 1. The maximum atomic E-state index is 13.8. The van der Waals surface area contributed by atoms with Crippen LogP contribution in [-0.4, -0.2) is 18.9 Å². The van der Waals surface area contributed by atoms with Gasteiger partial charge >= 0.3 is 0 Å². The Hall–Kier alpha value is -2.89. The van der Waals surface area contributed by atoms with Gasteiger partial charge in [-0.3, -0.25) is 9.59 Å². The first-order valence-electron chi connectivity index (χ1n) is 8.05. The zero-order valence-electron chi connectivity index (χ0n) is 14.1. The molecular formula is C19H19FN2O3. The summed E-state index contributed by atoms with van der Waals surface area (Å²) < 4.78 is 18.7. The number of nitrogens with one attached hydrogen (secondary N) is 2. The molecule has 3 rings (SSSR count). The Kier molecular flexibility index (Phi) is 4.70. The van der Waals surface area contributed by atoms with Crippen molar-refractivity contribution in [2.75, 3.05) is 12.4 Å². The van der Waals surface area contributed by atoms with E-state index in [1.165, 1.54) is 19.2 Å². The SMILES string of the molecule is COc1ccc([C@H](C)NC(=O)c2ccc3c(c2)CCC(=O)N3)cc1F. The molecule has 2 aromatic rings. The van der Waals surface area contributed by atoms with Crippen LogP contribution in [0.1, 0.15) is 40.9 Å². The molecule has 0 aromatic heterocycles. The molecule has 0 unspecified atom stereocenters. The van der Waals surface area contributed by atoms with Gasteiger partial charge in [0.15, 0.2) is 11.6 Å². The summed E-state index contributed by atoms with van der Waals surface area (Å²) in [6.45, 7) is 1.79. The minimum atomic E-state index is -0.467. The summed E-state index contributed by atoms with van der Waals surface area (Å²) >= 11 is 0. The van der Waals surface area contributed by atoms with Crippen molar-refractivity contribution in [3.8, 4) is 5.75 Å². The van der Waals surface area contributed by atoms with Gasteiger partial charge in [-0.05, 0) is 54.8 Å². The summed E-state index contributed by atoms with van der Waals surface area (Å²) in [5.41, 5.74) is 2.85. The molecule has 0 spiro atoms. The van der Waals surface area contributed by atoms with E-state index < -0.39 is 5.82 Å². The van der Waals surface area contributed by atoms with Crippen molar-refractivity contribution in [2.24, 2.45) is 0 Å². The highest BCUT2D eigenvalue weighted by molar-refractivity contribution is 5.98. The summed E-state index contributed by atoms with van der Waals surface area (Å²) in [6, 6.07) is 9.44. The van der Waals surface area contributed by atoms with Gasteiger partial charge in [0, 0.05) is 17.7 Å². The first-order valence-corrected chi connectivity index (χ1v) is 8.05. The zero-order valence-corrected chi connectivity index (χ0v) is 14.1. The molecule has 1 atom stereocenters. The van der Waals surface area contributed by atoms with Crippen molar-refractivity contribution in [3.05, 3.63) is 58.9 Å². The Labute approximate surface area is 145 Å². The molecule has 1 heterocycles. The van der Waals surface area contributed by atoms with Gasteiger partial charge < -0.3 is 15.4 Å². The highest BCUT2D eigenvalue weighted by Crippen LogP contribution is 2.25. The second kappa shape index (κ2) is 6.93. The molecule has 0 saturated heterocycles. The standard InChI is InChI=1S/C19H19FN2O3/c1-11(12-4-7-17(25-2)15(20)10-12)21-19(24)14-3-6-16-13(9-14)5-8-18(23)22-16/h3-4,6-7,9-11H,5,8H2,1-2H3,(H,21,24)(H,22,23)/t11-/m0/s1. The second-order valence-corrected chi connectivity index (χ2v) is 6.01. The lowest BCUT2D eigenvalue weighted by Gasteiger charge is -2.19. The maximum Gasteiger partial charge on any atom is 0.251 e. The van der Waals surface area contributed by atoms with Gasteiger partial charge in [0.1, 0.15) is 0 Å². The van der Waals surface area contributed by atoms with E-state index in [9.17, 15) is 14.0 Å². The van der Waals surface area contributed by atoms with Crippen LogP contribution in [0.25, 0.3) is 0 Å². The quantitative estimate of drug-likeness (QED) is 0.896. The third-order valence-electron chi connectivity index (χ3n) is 4.29. The van der Waals surface area contributed by atoms with Crippen LogP contribution in [0.15, 0.2) is 36.4 Å². The van der Waals surface area contributed by atoms with Crippen molar-refractivity contribution in [3.63, 3.8) is 0 Å².